The fraction of sp³-hybridized carbons (Fsp3) is 0.345. The molecule has 0 amide bonds. The number of aliphatic carboxylic acids is 1. The molecule has 0 heterocycles. The van der Waals surface area contributed by atoms with Crippen molar-refractivity contribution in [3.05, 3.63) is 88.4 Å². The van der Waals surface area contributed by atoms with Crippen LogP contribution in [0.4, 0.5) is 5.69 Å². The molecule has 35 heavy (non-hydrogen) atoms. The SMILES string of the molecule is COc1cc(OC)cc(C2Cc3ccccc3C23CCC(Nc2cccc(Cl)c2)(C(=O)O)CC3)c1. The summed E-state index contributed by atoms with van der Waals surface area (Å²) in [4.78, 5) is 12.6. The van der Waals surface area contributed by atoms with Gasteiger partial charge in [0.15, 0.2) is 0 Å². The number of hydrogen-bond acceptors (Lipinski definition) is 4. The Balaban J connectivity index is 1.53. The number of carboxylic acids is 1. The molecule has 0 aromatic heterocycles. The van der Waals surface area contributed by atoms with E-state index in [2.05, 4.69) is 41.7 Å². The third kappa shape index (κ3) is 4.12. The molecule has 6 heteroatoms. The molecule has 3 aromatic carbocycles. The first-order valence-corrected chi connectivity index (χ1v) is 12.4. The number of fused-ring (bicyclic) bond motifs is 2. The maximum atomic E-state index is 12.6. The Morgan fingerprint density at radius 1 is 0.943 bits per heavy atom. The zero-order valence-electron chi connectivity index (χ0n) is 20.0. The van der Waals surface area contributed by atoms with Crippen molar-refractivity contribution in [2.75, 3.05) is 19.5 Å². The second-order valence-electron chi connectivity index (χ2n) is 9.74. The molecule has 0 radical (unpaired) electrons. The first kappa shape index (κ1) is 23.6. The smallest absolute Gasteiger partial charge is 0.329 e. The quantitative estimate of drug-likeness (QED) is 0.415. The maximum Gasteiger partial charge on any atom is 0.329 e. The normalized spacial score (nSPS) is 25.2. The number of hydrogen-bond donors (Lipinski definition) is 2. The topological polar surface area (TPSA) is 67.8 Å². The summed E-state index contributed by atoms with van der Waals surface area (Å²) in [6, 6.07) is 22.0. The lowest BCUT2D eigenvalue weighted by Gasteiger charge is -2.47. The molecule has 2 N–H and O–H groups in total. The van der Waals surface area contributed by atoms with Crippen LogP contribution in [0.3, 0.4) is 0 Å². The lowest BCUT2D eigenvalue weighted by Crippen LogP contribution is -2.52. The number of anilines is 1. The molecule has 2 aliphatic rings. The lowest BCUT2D eigenvalue weighted by atomic mass is 9.59. The first-order chi connectivity index (χ1) is 16.9. The highest BCUT2D eigenvalue weighted by Gasteiger charge is 2.54. The molecule has 1 saturated carbocycles. The van der Waals surface area contributed by atoms with Gasteiger partial charge in [0, 0.05) is 22.2 Å². The van der Waals surface area contributed by atoms with E-state index in [1.165, 1.54) is 16.7 Å². The predicted octanol–water partition coefficient (Wildman–Crippen LogP) is 6.44. The van der Waals surface area contributed by atoms with Crippen LogP contribution in [-0.2, 0) is 16.6 Å². The fourth-order valence-corrected chi connectivity index (χ4v) is 6.42. The maximum absolute atomic E-state index is 12.6. The van der Waals surface area contributed by atoms with Crippen LogP contribution in [0.25, 0.3) is 0 Å². The monoisotopic (exact) mass is 491 g/mol. The van der Waals surface area contributed by atoms with Crippen LogP contribution in [0, 0.1) is 0 Å². The van der Waals surface area contributed by atoms with Gasteiger partial charge < -0.3 is 19.9 Å². The number of carbonyl (C=O) groups is 1. The molecular weight excluding hydrogens is 462 g/mol. The van der Waals surface area contributed by atoms with E-state index in [1.807, 2.05) is 18.2 Å². The highest BCUT2D eigenvalue weighted by Crippen LogP contribution is 2.58. The average molecular weight is 492 g/mol. The number of nitrogens with one attached hydrogen (secondary N) is 1. The van der Waals surface area contributed by atoms with Gasteiger partial charge >= 0.3 is 5.97 Å². The van der Waals surface area contributed by atoms with E-state index in [0.717, 1.165) is 36.4 Å². The summed E-state index contributed by atoms with van der Waals surface area (Å²) in [5, 5.41) is 14.3. The van der Waals surface area contributed by atoms with E-state index in [4.69, 9.17) is 21.1 Å². The van der Waals surface area contributed by atoms with Crippen molar-refractivity contribution in [3.63, 3.8) is 0 Å². The summed E-state index contributed by atoms with van der Waals surface area (Å²) in [6.07, 6.45) is 3.46. The molecule has 1 atom stereocenters. The van der Waals surface area contributed by atoms with Crippen LogP contribution in [0.5, 0.6) is 11.5 Å². The van der Waals surface area contributed by atoms with Gasteiger partial charge in [-0.15, -0.1) is 0 Å². The molecular formula is C29H30ClNO4. The summed E-state index contributed by atoms with van der Waals surface area (Å²) < 4.78 is 11.1. The predicted molar refractivity (Wildman–Crippen MR) is 138 cm³/mol. The number of methoxy groups -OCH3 is 2. The van der Waals surface area contributed by atoms with Gasteiger partial charge in [-0.3, -0.25) is 0 Å². The van der Waals surface area contributed by atoms with Crippen LogP contribution in [-0.4, -0.2) is 30.8 Å². The van der Waals surface area contributed by atoms with Crippen LogP contribution in [0.1, 0.15) is 48.3 Å². The zero-order chi connectivity index (χ0) is 24.6. The Morgan fingerprint density at radius 3 is 2.26 bits per heavy atom. The van der Waals surface area contributed by atoms with Crippen molar-refractivity contribution < 1.29 is 19.4 Å². The Kier molecular flexibility index (Phi) is 6.14. The van der Waals surface area contributed by atoms with Crippen molar-refractivity contribution >= 4 is 23.3 Å². The van der Waals surface area contributed by atoms with Crippen molar-refractivity contribution in [1.29, 1.82) is 0 Å². The lowest BCUT2D eigenvalue weighted by molar-refractivity contribution is -0.144. The Morgan fingerprint density at radius 2 is 1.63 bits per heavy atom. The molecule has 0 saturated heterocycles. The summed E-state index contributed by atoms with van der Waals surface area (Å²) in [5.74, 6) is 0.924. The molecule has 1 spiro atoms. The Labute approximate surface area is 211 Å². The number of ether oxygens (including phenoxy) is 2. The second kappa shape index (κ2) is 9.12. The summed E-state index contributed by atoms with van der Waals surface area (Å²) in [5.41, 5.74) is 3.39. The summed E-state index contributed by atoms with van der Waals surface area (Å²) >= 11 is 6.17. The van der Waals surface area contributed by atoms with Crippen molar-refractivity contribution in [1.82, 2.24) is 0 Å². The van der Waals surface area contributed by atoms with E-state index >= 15 is 0 Å². The van der Waals surface area contributed by atoms with Crippen molar-refractivity contribution in [2.24, 2.45) is 0 Å². The van der Waals surface area contributed by atoms with E-state index in [0.29, 0.717) is 17.9 Å². The van der Waals surface area contributed by atoms with E-state index < -0.39 is 11.5 Å². The number of benzene rings is 3. The molecule has 5 rings (SSSR count). The molecule has 2 aliphatic carbocycles. The Hall–Kier alpha value is -3.18. The molecule has 1 fully saturated rings. The van der Waals surface area contributed by atoms with Crippen LogP contribution in [0.2, 0.25) is 5.02 Å². The van der Waals surface area contributed by atoms with Gasteiger partial charge in [-0.25, -0.2) is 4.79 Å². The minimum absolute atomic E-state index is 0.150. The molecule has 5 nitrogen and oxygen atoms in total. The van der Waals surface area contributed by atoms with E-state index in [9.17, 15) is 9.90 Å². The molecule has 3 aromatic rings. The van der Waals surface area contributed by atoms with Crippen molar-refractivity contribution in [2.45, 2.75) is 49.0 Å². The van der Waals surface area contributed by atoms with Gasteiger partial charge in [0.2, 0.25) is 0 Å². The van der Waals surface area contributed by atoms with E-state index in [1.54, 1.807) is 26.4 Å². The third-order valence-electron chi connectivity index (χ3n) is 8.03. The highest BCUT2D eigenvalue weighted by molar-refractivity contribution is 6.30. The fourth-order valence-electron chi connectivity index (χ4n) is 6.23. The van der Waals surface area contributed by atoms with Gasteiger partial charge in [0.1, 0.15) is 17.0 Å². The number of halogens is 1. The van der Waals surface area contributed by atoms with Gasteiger partial charge in [0.25, 0.3) is 0 Å². The van der Waals surface area contributed by atoms with Gasteiger partial charge in [-0.05, 0) is 85.0 Å². The summed E-state index contributed by atoms with van der Waals surface area (Å²) in [6.45, 7) is 0. The highest BCUT2D eigenvalue weighted by atomic mass is 35.5. The minimum atomic E-state index is -1.04. The summed E-state index contributed by atoms with van der Waals surface area (Å²) in [7, 11) is 3.34. The molecule has 182 valence electrons. The van der Waals surface area contributed by atoms with Crippen LogP contribution >= 0.6 is 11.6 Å². The molecule has 1 unspecified atom stereocenters. The second-order valence-corrected chi connectivity index (χ2v) is 10.2. The first-order valence-electron chi connectivity index (χ1n) is 12.0. The average Bonchev–Trinajstić information content (AvgIpc) is 3.19. The molecule has 0 bridgehead atoms. The van der Waals surface area contributed by atoms with Gasteiger partial charge in [-0.2, -0.15) is 0 Å². The largest absolute Gasteiger partial charge is 0.497 e. The Bertz CT molecular complexity index is 1230. The number of carboxylic acid groups (broad SMARTS) is 1. The third-order valence-corrected chi connectivity index (χ3v) is 8.27. The van der Waals surface area contributed by atoms with Crippen LogP contribution in [0.15, 0.2) is 66.7 Å². The minimum Gasteiger partial charge on any atom is -0.497 e. The zero-order valence-corrected chi connectivity index (χ0v) is 20.8. The number of rotatable bonds is 6. The molecule has 0 aliphatic heterocycles. The standard InChI is InChI=1S/C29H30ClNO4/c1-34-23-14-20(15-24(18-23)35-2)26-16-19-6-3-4-9-25(19)28(26)10-12-29(13-11-28,27(32)33)31-22-8-5-7-21(30)17-22/h3-9,14-15,17-18,26,31H,10-13,16H2,1-2H3,(H,32,33). The van der Waals surface area contributed by atoms with Gasteiger partial charge in [-0.1, -0.05) is 41.9 Å². The van der Waals surface area contributed by atoms with Gasteiger partial charge in [0.05, 0.1) is 14.2 Å². The van der Waals surface area contributed by atoms with Crippen LogP contribution < -0.4 is 14.8 Å². The van der Waals surface area contributed by atoms with E-state index in [-0.39, 0.29) is 11.3 Å². The van der Waals surface area contributed by atoms with Crippen molar-refractivity contribution in [3.8, 4) is 11.5 Å².